The zero-order valence-electron chi connectivity index (χ0n) is 14.2. The molecule has 2 heterocycles. The molecule has 132 valence electrons. The Kier molecular flexibility index (Phi) is 6.50. The lowest BCUT2D eigenvalue weighted by Crippen LogP contribution is -2.13. The molecule has 0 N–H and O–H groups in total. The fourth-order valence-electron chi connectivity index (χ4n) is 2.63. The quantitative estimate of drug-likeness (QED) is 0.405. The number of thioether (sulfide) groups is 1. The van der Waals surface area contributed by atoms with Crippen LogP contribution in [-0.4, -0.2) is 14.8 Å². The van der Waals surface area contributed by atoms with Gasteiger partial charge in [-0.1, -0.05) is 23.2 Å². The zero-order chi connectivity index (χ0) is 17.8. The summed E-state index contributed by atoms with van der Waals surface area (Å²) in [5.74, 6) is 0. The molecule has 1 atom stereocenters. The molecule has 0 amide bonds. The fourth-order valence-corrected chi connectivity index (χ4v) is 5.34. The maximum Gasteiger partial charge on any atom is 0.0946 e. The molecule has 2 aromatic heterocycles. The summed E-state index contributed by atoms with van der Waals surface area (Å²) >= 11 is 16.1. The summed E-state index contributed by atoms with van der Waals surface area (Å²) in [5, 5.41) is 1.25. The normalized spacial score (nSPS) is 12.5. The van der Waals surface area contributed by atoms with Gasteiger partial charge < -0.3 is 4.57 Å². The van der Waals surface area contributed by atoms with Crippen molar-refractivity contribution in [1.29, 1.82) is 0 Å². The van der Waals surface area contributed by atoms with Crippen LogP contribution in [0, 0.1) is 13.8 Å². The molecule has 0 aliphatic rings. The third-order valence-electron chi connectivity index (χ3n) is 4.16. The maximum absolute atomic E-state index is 6.49. The van der Waals surface area contributed by atoms with Gasteiger partial charge in [0.1, 0.15) is 0 Å². The van der Waals surface area contributed by atoms with Gasteiger partial charge in [0.25, 0.3) is 0 Å². The molecule has 0 aliphatic carbocycles. The van der Waals surface area contributed by atoms with Crippen molar-refractivity contribution in [2.45, 2.75) is 43.4 Å². The smallest absolute Gasteiger partial charge is 0.0946 e. The van der Waals surface area contributed by atoms with Crippen LogP contribution in [0.5, 0.6) is 0 Å². The predicted octanol–water partition coefficient (Wildman–Crippen LogP) is 6.66. The highest BCUT2D eigenvalue weighted by atomic mass is 35.5. The number of hydrogen-bond donors (Lipinski definition) is 0. The van der Waals surface area contributed by atoms with Crippen LogP contribution in [0.4, 0.5) is 0 Å². The van der Waals surface area contributed by atoms with Crippen LogP contribution in [0.2, 0.25) is 9.36 Å². The number of aryl methyl sites for hydroxylation is 3. The average Bonchev–Trinajstić information content (AvgIpc) is 3.22. The van der Waals surface area contributed by atoms with Crippen LogP contribution < -0.4 is 0 Å². The van der Waals surface area contributed by atoms with Gasteiger partial charge in [-0.15, -0.1) is 23.1 Å². The largest absolute Gasteiger partial charge is 0.336 e. The summed E-state index contributed by atoms with van der Waals surface area (Å²) in [6, 6.07) is 8.35. The Morgan fingerprint density at radius 2 is 2.00 bits per heavy atom. The van der Waals surface area contributed by atoms with Crippen molar-refractivity contribution in [2.24, 2.45) is 0 Å². The first kappa shape index (κ1) is 18.8. The first-order chi connectivity index (χ1) is 12.0. The highest BCUT2D eigenvalue weighted by molar-refractivity contribution is 8.00. The minimum Gasteiger partial charge on any atom is -0.336 e. The molecule has 0 saturated heterocycles. The van der Waals surface area contributed by atoms with E-state index in [-0.39, 0.29) is 0 Å². The molecular weight excluding hydrogens is 391 g/mol. The lowest BCUT2D eigenvalue weighted by atomic mass is 10.1. The van der Waals surface area contributed by atoms with Crippen molar-refractivity contribution in [2.75, 3.05) is 0 Å². The van der Waals surface area contributed by atoms with Gasteiger partial charge in [-0.25, -0.2) is 4.98 Å². The summed E-state index contributed by atoms with van der Waals surface area (Å²) in [4.78, 5) is 6.64. The molecule has 0 radical (unpaired) electrons. The van der Waals surface area contributed by atoms with Gasteiger partial charge in [0.05, 0.1) is 15.7 Å². The molecule has 0 aliphatic heterocycles. The van der Waals surface area contributed by atoms with Crippen LogP contribution in [0.25, 0.3) is 0 Å². The van der Waals surface area contributed by atoms with Crippen molar-refractivity contribution in [3.05, 3.63) is 68.3 Å². The molecule has 3 aromatic rings. The third-order valence-corrected chi connectivity index (χ3v) is 7.18. The summed E-state index contributed by atoms with van der Waals surface area (Å²) in [7, 11) is 0. The number of rotatable bonds is 7. The van der Waals surface area contributed by atoms with Crippen molar-refractivity contribution >= 4 is 46.3 Å². The van der Waals surface area contributed by atoms with Crippen molar-refractivity contribution in [1.82, 2.24) is 9.55 Å². The number of nitrogens with zero attached hydrogens (tertiary/aromatic N) is 2. The lowest BCUT2D eigenvalue weighted by Gasteiger charge is -2.18. The van der Waals surface area contributed by atoms with E-state index in [0.29, 0.717) is 5.25 Å². The number of hydrogen-bond acceptors (Lipinski definition) is 3. The van der Waals surface area contributed by atoms with Gasteiger partial charge in [-0.2, -0.15) is 0 Å². The third kappa shape index (κ3) is 5.27. The second kappa shape index (κ2) is 8.63. The Bertz CT molecular complexity index is 828. The Morgan fingerprint density at radius 3 is 2.68 bits per heavy atom. The van der Waals surface area contributed by atoms with E-state index in [4.69, 9.17) is 23.2 Å². The maximum atomic E-state index is 6.49. The van der Waals surface area contributed by atoms with Gasteiger partial charge in [0.2, 0.25) is 0 Å². The standard InChI is InChI=1S/C19H20Cl2N2S2/c1-13-9-17(20)18(10-14(13)2)24-16(11-23-8-7-22-12-23)4-3-15-5-6-19(21)25-15/h5-10,12,16H,3-4,11H2,1-2H3. The van der Waals surface area contributed by atoms with Gasteiger partial charge in [-0.05, 0) is 62.1 Å². The molecule has 0 bridgehead atoms. The first-order valence-corrected chi connectivity index (χ1v) is 10.6. The number of imidazole rings is 1. The number of thiophene rings is 1. The van der Waals surface area contributed by atoms with Gasteiger partial charge in [0.15, 0.2) is 0 Å². The first-order valence-electron chi connectivity index (χ1n) is 8.14. The van der Waals surface area contributed by atoms with Crippen LogP contribution in [0.1, 0.15) is 22.4 Å². The van der Waals surface area contributed by atoms with E-state index >= 15 is 0 Å². The minimum absolute atomic E-state index is 0.412. The number of halogens is 2. The van der Waals surface area contributed by atoms with E-state index in [1.807, 2.05) is 36.5 Å². The average molecular weight is 411 g/mol. The van der Waals surface area contributed by atoms with E-state index < -0.39 is 0 Å². The van der Waals surface area contributed by atoms with Crippen molar-refractivity contribution < 1.29 is 0 Å². The van der Waals surface area contributed by atoms with E-state index in [9.17, 15) is 0 Å². The summed E-state index contributed by atoms with van der Waals surface area (Å²) in [6.07, 6.45) is 7.79. The molecule has 0 fully saturated rings. The van der Waals surface area contributed by atoms with Gasteiger partial charge >= 0.3 is 0 Å². The molecule has 0 saturated carbocycles. The molecule has 1 unspecified atom stereocenters. The second-order valence-corrected chi connectivity index (χ2v) is 9.66. The molecule has 1 aromatic carbocycles. The Hall–Kier alpha value is -0.940. The van der Waals surface area contributed by atoms with Crippen molar-refractivity contribution in [3.8, 4) is 0 Å². The summed E-state index contributed by atoms with van der Waals surface area (Å²) < 4.78 is 2.99. The second-order valence-electron chi connectivity index (χ2n) is 6.11. The molecule has 0 spiro atoms. The number of benzene rings is 1. The van der Waals surface area contributed by atoms with Gasteiger partial charge in [-0.3, -0.25) is 0 Å². The Labute approximate surface area is 167 Å². The van der Waals surface area contributed by atoms with Crippen molar-refractivity contribution in [3.63, 3.8) is 0 Å². The summed E-state index contributed by atoms with van der Waals surface area (Å²) in [5.41, 5.74) is 2.51. The van der Waals surface area contributed by atoms with Crippen LogP contribution >= 0.6 is 46.3 Å². The van der Waals surface area contributed by atoms with E-state index in [0.717, 1.165) is 33.6 Å². The highest BCUT2D eigenvalue weighted by Crippen LogP contribution is 2.35. The highest BCUT2D eigenvalue weighted by Gasteiger charge is 2.15. The zero-order valence-corrected chi connectivity index (χ0v) is 17.4. The van der Waals surface area contributed by atoms with E-state index in [1.165, 1.54) is 16.0 Å². The lowest BCUT2D eigenvalue weighted by molar-refractivity contribution is 0.626. The van der Waals surface area contributed by atoms with Crippen LogP contribution in [0.3, 0.4) is 0 Å². The monoisotopic (exact) mass is 410 g/mol. The minimum atomic E-state index is 0.412. The Balaban J connectivity index is 1.74. The van der Waals surface area contributed by atoms with Crippen LogP contribution in [-0.2, 0) is 13.0 Å². The van der Waals surface area contributed by atoms with E-state index in [2.05, 4.69) is 41.6 Å². The predicted molar refractivity (Wildman–Crippen MR) is 110 cm³/mol. The Morgan fingerprint density at radius 1 is 1.20 bits per heavy atom. The van der Waals surface area contributed by atoms with Gasteiger partial charge in [0, 0.05) is 34.0 Å². The molecular formula is C19H20Cl2N2S2. The number of aromatic nitrogens is 2. The topological polar surface area (TPSA) is 17.8 Å². The molecule has 3 rings (SSSR count). The fraction of sp³-hybridized carbons (Fsp3) is 0.316. The molecule has 6 heteroatoms. The molecule has 25 heavy (non-hydrogen) atoms. The summed E-state index contributed by atoms with van der Waals surface area (Å²) in [6.45, 7) is 5.14. The SMILES string of the molecule is Cc1cc(Cl)c(SC(CCc2ccc(Cl)s2)Cn2ccnc2)cc1C. The van der Waals surface area contributed by atoms with Crippen LogP contribution in [0.15, 0.2) is 47.9 Å². The van der Waals surface area contributed by atoms with E-state index in [1.54, 1.807) is 11.3 Å². The molecule has 2 nitrogen and oxygen atoms in total.